The summed E-state index contributed by atoms with van der Waals surface area (Å²) in [5, 5.41) is 7.45. The van der Waals surface area contributed by atoms with Crippen LogP contribution in [0.3, 0.4) is 0 Å². The SMILES string of the molecule is C=CCOC(=O)c1cccc(NC(=O)NCC(=O)Nc2ccccc2C(=O)c2ccccc2F)c1. The first kappa shape index (κ1) is 24.8. The molecular formula is C26H22FN3O5. The minimum absolute atomic E-state index is 0.0566. The number of esters is 1. The van der Waals surface area contributed by atoms with Gasteiger partial charge in [0.15, 0.2) is 5.78 Å². The van der Waals surface area contributed by atoms with Gasteiger partial charge in [0.2, 0.25) is 5.91 Å². The molecule has 35 heavy (non-hydrogen) atoms. The number of anilines is 2. The summed E-state index contributed by atoms with van der Waals surface area (Å²) in [7, 11) is 0. The molecule has 0 aliphatic rings. The van der Waals surface area contributed by atoms with Crippen molar-refractivity contribution in [3.8, 4) is 0 Å². The lowest BCUT2D eigenvalue weighted by Gasteiger charge is -2.12. The van der Waals surface area contributed by atoms with Gasteiger partial charge in [0.1, 0.15) is 12.4 Å². The molecule has 0 radical (unpaired) electrons. The fourth-order valence-electron chi connectivity index (χ4n) is 3.05. The molecule has 0 spiro atoms. The summed E-state index contributed by atoms with van der Waals surface area (Å²) >= 11 is 0. The molecule has 178 valence electrons. The summed E-state index contributed by atoms with van der Waals surface area (Å²) < 4.78 is 19.0. The standard InChI is InChI=1S/C26H22FN3O5/c1-2-14-35-25(33)17-8-7-9-18(15-17)29-26(34)28-16-23(31)30-22-13-6-4-11-20(22)24(32)19-10-3-5-12-21(19)27/h2-13,15H,1,14,16H2,(H,30,31)(H2,28,29,34). The molecule has 0 fully saturated rings. The second-order valence-corrected chi connectivity index (χ2v) is 7.18. The second-order valence-electron chi connectivity index (χ2n) is 7.18. The average molecular weight is 475 g/mol. The van der Waals surface area contributed by atoms with Crippen LogP contribution in [-0.2, 0) is 9.53 Å². The van der Waals surface area contributed by atoms with Crippen LogP contribution in [-0.4, -0.2) is 36.8 Å². The molecule has 3 rings (SSSR count). The summed E-state index contributed by atoms with van der Waals surface area (Å²) in [5.41, 5.74) is 0.715. The lowest BCUT2D eigenvalue weighted by molar-refractivity contribution is -0.115. The number of benzene rings is 3. The monoisotopic (exact) mass is 475 g/mol. The Balaban J connectivity index is 1.58. The molecule has 8 nitrogen and oxygen atoms in total. The van der Waals surface area contributed by atoms with Gasteiger partial charge in [-0.25, -0.2) is 14.0 Å². The van der Waals surface area contributed by atoms with Crippen molar-refractivity contribution in [3.05, 3.63) is 108 Å². The number of nitrogens with one attached hydrogen (secondary N) is 3. The minimum atomic E-state index is -0.688. The molecular weight excluding hydrogens is 453 g/mol. The first-order valence-electron chi connectivity index (χ1n) is 10.5. The van der Waals surface area contributed by atoms with Gasteiger partial charge in [0.25, 0.3) is 0 Å². The van der Waals surface area contributed by atoms with Gasteiger partial charge in [-0.15, -0.1) is 0 Å². The molecule has 0 bridgehead atoms. The van der Waals surface area contributed by atoms with Gasteiger partial charge in [-0.1, -0.05) is 43.0 Å². The quantitative estimate of drug-likeness (QED) is 0.244. The molecule has 0 aliphatic carbocycles. The molecule has 3 aromatic carbocycles. The number of para-hydroxylation sites is 1. The van der Waals surface area contributed by atoms with Gasteiger partial charge < -0.3 is 20.7 Å². The van der Waals surface area contributed by atoms with E-state index in [2.05, 4.69) is 22.5 Å². The Hall–Kier alpha value is -4.79. The van der Waals surface area contributed by atoms with Gasteiger partial charge in [-0.2, -0.15) is 0 Å². The first-order valence-corrected chi connectivity index (χ1v) is 10.5. The van der Waals surface area contributed by atoms with Crippen molar-refractivity contribution in [1.82, 2.24) is 5.32 Å². The number of ether oxygens (including phenoxy) is 1. The lowest BCUT2D eigenvalue weighted by atomic mass is 10.0. The van der Waals surface area contributed by atoms with Gasteiger partial charge in [0, 0.05) is 11.3 Å². The van der Waals surface area contributed by atoms with E-state index in [-0.39, 0.29) is 29.0 Å². The number of hydrogen-bond acceptors (Lipinski definition) is 5. The molecule has 3 N–H and O–H groups in total. The van der Waals surface area contributed by atoms with Crippen LogP contribution in [0.25, 0.3) is 0 Å². The molecule has 0 heterocycles. The van der Waals surface area contributed by atoms with Crippen LogP contribution in [0.5, 0.6) is 0 Å². The van der Waals surface area contributed by atoms with Gasteiger partial charge in [0.05, 0.1) is 23.4 Å². The van der Waals surface area contributed by atoms with Gasteiger partial charge in [-0.05, 0) is 42.5 Å². The lowest BCUT2D eigenvalue weighted by Crippen LogP contribution is -2.36. The Bertz CT molecular complexity index is 1280. The highest BCUT2D eigenvalue weighted by atomic mass is 19.1. The number of carbonyl (C=O) groups is 4. The largest absolute Gasteiger partial charge is 0.458 e. The Morgan fingerprint density at radius 2 is 1.60 bits per heavy atom. The topological polar surface area (TPSA) is 114 Å². The van der Waals surface area contributed by atoms with Crippen LogP contribution in [0, 0.1) is 5.82 Å². The number of rotatable bonds is 9. The van der Waals surface area contributed by atoms with Crippen molar-refractivity contribution in [2.24, 2.45) is 0 Å². The van der Waals surface area contributed by atoms with E-state index in [1.54, 1.807) is 30.3 Å². The fourth-order valence-corrected chi connectivity index (χ4v) is 3.05. The molecule has 0 unspecified atom stereocenters. The van der Waals surface area contributed by atoms with Crippen molar-refractivity contribution in [2.45, 2.75) is 0 Å². The number of halogens is 1. The van der Waals surface area contributed by atoms with E-state index in [0.29, 0.717) is 5.69 Å². The van der Waals surface area contributed by atoms with Crippen LogP contribution < -0.4 is 16.0 Å². The highest BCUT2D eigenvalue weighted by molar-refractivity contribution is 6.14. The zero-order chi connectivity index (χ0) is 25.2. The average Bonchev–Trinajstić information content (AvgIpc) is 2.86. The number of amides is 3. The fraction of sp³-hybridized carbons (Fsp3) is 0.0769. The molecule has 0 saturated carbocycles. The van der Waals surface area contributed by atoms with Crippen LogP contribution in [0.15, 0.2) is 85.5 Å². The Morgan fingerprint density at radius 3 is 2.34 bits per heavy atom. The Morgan fingerprint density at radius 1 is 0.886 bits per heavy atom. The third-order valence-corrected chi connectivity index (χ3v) is 4.66. The molecule has 0 aromatic heterocycles. The van der Waals surface area contributed by atoms with Crippen molar-refractivity contribution in [2.75, 3.05) is 23.8 Å². The molecule has 3 amide bonds. The predicted octanol–water partition coefficient (Wildman–Crippen LogP) is 4.16. The van der Waals surface area contributed by atoms with Crippen molar-refractivity contribution < 1.29 is 28.3 Å². The van der Waals surface area contributed by atoms with Crippen LogP contribution in [0.1, 0.15) is 26.3 Å². The highest BCUT2D eigenvalue weighted by Gasteiger charge is 2.18. The number of ketones is 1. The van der Waals surface area contributed by atoms with Gasteiger partial charge in [-0.3, -0.25) is 9.59 Å². The second kappa shape index (κ2) is 11.9. The van der Waals surface area contributed by atoms with Crippen LogP contribution in [0.4, 0.5) is 20.6 Å². The first-order chi connectivity index (χ1) is 16.9. The zero-order valence-electron chi connectivity index (χ0n) is 18.5. The van der Waals surface area contributed by atoms with E-state index >= 15 is 0 Å². The van der Waals surface area contributed by atoms with Crippen LogP contribution in [0.2, 0.25) is 0 Å². The maximum Gasteiger partial charge on any atom is 0.338 e. The summed E-state index contributed by atoms with van der Waals surface area (Å²) in [4.78, 5) is 49.3. The Labute approximate surface area is 200 Å². The van der Waals surface area contributed by atoms with Crippen molar-refractivity contribution >= 4 is 35.1 Å². The highest BCUT2D eigenvalue weighted by Crippen LogP contribution is 2.21. The van der Waals surface area contributed by atoms with E-state index in [0.717, 1.165) is 0 Å². The third kappa shape index (κ3) is 6.84. The molecule has 0 atom stereocenters. The minimum Gasteiger partial charge on any atom is -0.458 e. The van der Waals surface area contributed by atoms with Crippen molar-refractivity contribution in [3.63, 3.8) is 0 Å². The predicted molar refractivity (Wildman–Crippen MR) is 129 cm³/mol. The number of carbonyl (C=O) groups excluding carboxylic acids is 4. The molecule has 0 saturated heterocycles. The van der Waals surface area contributed by atoms with Gasteiger partial charge >= 0.3 is 12.0 Å². The van der Waals surface area contributed by atoms with Crippen molar-refractivity contribution in [1.29, 1.82) is 0 Å². The van der Waals surface area contributed by atoms with E-state index in [1.807, 2.05) is 0 Å². The number of hydrogen-bond donors (Lipinski definition) is 3. The third-order valence-electron chi connectivity index (χ3n) is 4.66. The normalized spacial score (nSPS) is 10.1. The maximum atomic E-state index is 14.0. The van der Waals surface area contributed by atoms with Crippen LogP contribution >= 0.6 is 0 Å². The summed E-state index contributed by atoms with van der Waals surface area (Å²) in [6, 6.07) is 17.1. The van der Waals surface area contributed by atoms with E-state index < -0.39 is 36.1 Å². The summed E-state index contributed by atoms with van der Waals surface area (Å²) in [6.45, 7) is 3.12. The Kier molecular flexibility index (Phi) is 8.44. The van der Waals surface area contributed by atoms with E-state index in [9.17, 15) is 23.6 Å². The van der Waals surface area contributed by atoms with E-state index in [1.165, 1.54) is 48.5 Å². The van der Waals surface area contributed by atoms with E-state index in [4.69, 9.17) is 4.74 Å². The number of urea groups is 1. The molecule has 9 heteroatoms. The smallest absolute Gasteiger partial charge is 0.338 e. The molecule has 3 aromatic rings. The zero-order valence-corrected chi connectivity index (χ0v) is 18.5. The summed E-state index contributed by atoms with van der Waals surface area (Å²) in [5.74, 6) is -2.43. The summed E-state index contributed by atoms with van der Waals surface area (Å²) in [6.07, 6.45) is 1.44. The maximum absolute atomic E-state index is 14.0. The molecule has 0 aliphatic heterocycles.